The van der Waals surface area contributed by atoms with E-state index in [-0.39, 0.29) is 30.2 Å². The molecule has 0 aromatic rings. The van der Waals surface area contributed by atoms with Gasteiger partial charge in [-0.2, -0.15) is 0 Å². The zero-order chi connectivity index (χ0) is 11.5. The van der Waals surface area contributed by atoms with Gasteiger partial charge in [-0.25, -0.2) is 0 Å². The highest BCUT2D eigenvalue weighted by Crippen LogP contribution is 2.25. The highest BCUT2D eigenvalue weighted by Gasteiger charge is 2.46. The van der Waals surface area contributed by atoms with Crippen LogP contribution < -0.4 is 11.1 Å². The summed E-state index contributed by atoms with van der Waals surface area (Å²) in [6, 6.07) is -0.159. The van der Waals surface area contributed by atoms with E-state index in [2.05, 4.69) is 5.32 Å². The van der Waals surface area contributed by atoms with E-state index in [1.54, 1.807) is 7.11 Å². The zero-order valence-corrected chi connectivity index (χ0v) is 9.35. The highest BCUT2D eigenvalue weighted by atomic mass is 16.6. The molecule has 4 atom stereocenters. The molecule has 0 spiro atoms. The van der Waals surface area contributed by atoms with Gasteiger partial charge in [-0.3, -0.25) is 4.79 Å². The number of hydrogen-bond donors (Lipinski definition) is 2. The van der Waals surface area contributed by atoms with Crippen molar-refractivity contribution in [2.75, 3.05) is 26.9 Å². The van der Waals surface area contributed by atoms with Crippen molar-refractivity contribution in [1.29, 1.82) is 0 Å². The Morgan fingerprint density at radius 2 is 2.19 bits per heavy atom. The van der Waals surface area contributed by atoms with E-state index in [1.807, 2.05) is 0 Å². The van der Waals surface area contributed by atoms with Gasteiger partial charge in [0.2, 0.25) is 5.91 Å². The van der Waals surface area contributed by atoms with Crippen LogP contribution in [-0.2, 0) is 19.0 Å². The fourth-order valence-corrected chi connectivity index (χ4v) is 2.13. The number of ether oxygens (including phenoxy) is 3. The van der Waals surface area contributed by atoms with Crippen LogP contribution in [0, 0.1) is 0 Å². The van der Waals surface area contributed by atoms with Gasteiger partial charge in [0, 0.05) is 13.5 Å². The molecule has 2 heterocycles. The quantitative estimate of drug-likeness (QED) is 0.623. The maximum absolute atomic E-state index is 11.5. The Kier molecular flexibility index (Phi) is 3.75. The number of amides is 1. The lowest BCUT2D eigenvalue weighted by atomic mass is 10.1. The summed E-state index contributed by atoms with van der Waals surface area (Å²) in [5, 5.41) is 2.88. The van der Waals surface area contributed by atoms with Gasteiger partial charge in [0.1, 0.15) is 12.2 Å². The molecule has 2 saturated heterocycles. The molecule has 2 aliphatic rings. The van der Waals surface area contributed by atoms with E-state index in [1.165, 1.54) is 0 Å². The average molecular weight is 230 g/mol. The number of carbonyl (C=O) groups is 1. The molecule has 0 unspecified atom stereocenters. The lowest BCUT2D eigenvalue weighted by molar-refractivity contribution is -0.123. The number of hydrogen-bond acceptors (Lipinski definition) is 5. The summed E-state index contributed by atoms with van der Waals surface area (Å²) in [4.78, 5) is 11.5. The molecule has 0 aromatic carbocycles. The standard InChI is InChI=1S/C10H18N2O4/c1-14-3-2-8(13)12-7-5-16-9-6(11)4-15-10(7)9/h6-7,9-10H,2-5,11H2,1H3,(H,12,13)/t6-,7-,9+,10+/m0/s1. The van der Waals surface area contributed by atoms with Gasteiger partial charge < -0.3 is 25.3 Å². The van der Waals surface area contributed by atoms with Gasteiger partial charge >= 0.3 is 0 Å². The van der Waals surface area contributed by atoms with Gasteiger partial charge in [0.05, 0.1) is 31.9 Å². The van der Waals surface area contributed by atoms with Crippen molar-refractivity contribution in [3.63, 3.8) is 0 Å². The molecule has 92 valence electrons. The largest absolute Gasteiger partial charge is 0.384 e. The van der Waals surface area contributed by atoms with Crippen molar-refractivity contribution >= 4 is 5.91 Å². The van der Waals surface area contributed by atoms with Gasteiger partial charge in [0.25, 0.3) is 0 Å². The maximum atomic E-state index is 11.5. The molecule has 0 saturated carbocycles. The number of carbonyl (C=O) groups excluding carboxylic acids is 1. The molecule has 2 aliphatic heterocycles. The molecule has 6 heteroatoms. The van der Waals surface area contributed by atoms with E-state index < -0.39 is 0 Å². The molecular formula is C10H18N2O4. The first kappa shape index (κ1) is 11.8. The Bertz CT molecular complexity index is 261. The van der Waals surface area contributed by atoms with Crippen LogP contribution in [0.2, 0.25) is 0 Å². The summed E-state index contributed by atoms with van der Waals surface area (Å²) in [5.41, 5.74) is 5.81. The molecule has 0 aromatic heterocycles. The van der Waals surface area contributed by atoms with Gasteiger partial charge in [-0.1, -0.05) is 0 Å². The molecule has 0 radical (unpaired) electrons. The first-order valence-electron chi connectivity index (χ1n) is 5.49. The minimum Gasteiger partial charge on any atom is -0.384 e. The predicted octanol–water partition coefficient (Wildman–Crippen LogP) is -1.37. The fraction of sp³-hybridized carbons (Fsp3) is 0.900. The molecule has 1 amide bonds. The number of nitrogens with two attached hydrogens (primary N) is 1. The molecule has 0 aliphatic carbocycles. The van der Waals surface area contributed by atoms with E-state index in [9.17, 15) is 4.79 Å². The van der Waals surface area contributed by atoms with Crippen LogP contribution in [0.4, 0.5) is 0 Å². The van der Waals surface area contributed by atoms with E-state index >= 15 is 0 Å². The second-order valence-electron chi connectivity index (χ2n) is 4.18. The summed E-state index contributed by atoms with van der Waals surface area (Å²) in [5.74, 6) is -0.0415. The SMILES string of the molecule is COCCC(=O)N[C@H]1CO[C@H]2[C@@H]1OC[C@@H]2N. The third-order valence-corrected chi connectivity index (χ3v) is 2.97. The molecule has 2 fully saturated rings. The Morgan fingerprint density at radius 1 is 1.44 bits per heavy atom. The average Bonchev–Trinajstić information content (AvgIpc) is 2.81. The lowest BCUT2D eigenvalue weighted by Crippen LogP contribution is -2.45. The third kappa shape index (κ3) is 2.35. The second-order valence-corrected chi connectivity index (χ2v) is 4.18. The Hall–Kier alpha value is -0.690. The predicted molar refractivity (Wildman–Crippen MR) is 55.9 cm³/mol. The summed E-state index contributed by atoms with van der Waals surface area (Å²) >= 11 is 0. The van der Waals surface area contributed by atoms with Gasteiger partial charge in [-0.15, -0.1) is 0 Å². The van der Waals surface area contributed by atoms with Crippen LogP contribution in [0.3, 0.4) is 0 Å². The van der Waals surface area contributed by atoms with E-state index in [0.717, 1.165) is 0 Å². The zero-order valence-electron chi connectivity index (χ0n) is 9.35. The summed E-state index contributed by atoms with van der Waals surface area (Å²) in [6.45, 7) is 1.40. The minimum absolute atomic E-state index is 0.0415. The van der Waals surface area contributed by atoms with Gasteiger partial charge in [-0.05, 0) is 0 Å². The summed E-state index contributed by atoms with van der Waals surface area (Å²) in [6.07, 6.45) is 0.186. The summed E-state index contributed by atoms with van der Waals surface area (Å²) in [7, 11) is 1.57. The van der Waals surface area contributed by atoms with E-state index in [0.29, 0.717) is 26.2 Å². The van der Waals surface area contributed by atoms with Crippen molar-refractivity contribution in [2.24, 2.45) is 5.73 Å². The fourth-order valence-electron chi connectivity index (χ4n) is 2.13. The molecule has 0 bridgehead atoms. The smallest absolute Gasteiger partial charge is 0.222 e. The van der Waals surface area contributed by atoms with Crippen LogP contribution in [0.25, 0.3) is 0 Å². The molecule has 6 nitrogen and oxygen atoms in total. The van der Waals surface area contributed by atoms with Crippen LogP contribution in [-0.4, -0.2) is 57.1 Å². The number of methoxy groups -OCH3 is 1. The van der Waals surface area contributed by atoms with Crippen LogP contribution in [0.15, 0.2) is 0 Å². The Balaban J connectivity index is 1.81. The number of rotatable bonds is 4. The first-order chi connectivity index (χ1) is 7.72. The van der Waals surface area contributed by atoms with E-state index in [4.69, 9.17) is 19.9 Å². The topological polar surface area (TPSA) is 82.8 Å². The van der Waals surface area contributed by atoms with Gasteiger partial charge in [0.15, 0.2) is 0 Å². The maximum Gasteiger partial charge on any atom is 0.222 e. The Morgan fingerprint density at radius 3 is 2.94 bits per heavy atom. The lowest BCUT2D eigenvalue weighted by Gasteiger charge is -2.17. The third-order valence-electron chi connectivity index (χ3n) is 2.97. The van der Waals surface area contributed by atoms with Crippen molar-refractivity contribution in [3.8, 4) is 0 Å². The molecule has 2 rings (SSSR count). The molecule has 3 N–H and O–H groups in total. The van der Waals surface area contributed by atoms with Crippen molar-refractivity contribution in [3.05, 3.63) is 0 Å². The Labute approximate surface area is 94.4 Å². The minimum atomic E-state index is -0.0958. The molecule has 16 heavy (non-hydrogen) atoms. The van der Waals surface area contributed by atoms with Crippen molar-refractivity contribution < 1.29 is 19.0 Å². The van der Waals surface area contributed by atoms with Crippen LogP contribution in [0.1, 0.15) is 6.42 Å². The van der Waals surface area contributed by atoms with Crippen LogP contribution >= 0.6 is 0 Å². The first-order valence-corrected chi connectivity index (χ1v) is 5.49. The van der Waals surface area contributed by atoms with Crippen LogP contribution in [0.5, 0.6) is 0 Å². The van der Waals surface area contributed by atoms with Crippen molar-refractivity contribution in [2.45, 2.75) is 30.7 Å². The summed E-state index contributed by atoms with van der Waals surface area (Å²) < 4.78 is 15.9. The number of fused-ring (bicyclic) bond motifs is 1. The van der Waals surface area contributed by atoms with Crippen molar-refractivity contribution in [1.82, 2.24) is 5.32 Å². The number of nitrogens with one attached hydrogen (secondary N) is 1. The second kappa shape index (κ2) is 5.09. The normalized spacial score (nSPS) is 37.4. The highest BCUT2D eigenvalue weighted by molar-refractivity contribution is 5.76. The molecular weight excluding hydrogens is 212 g/mol. The monoisotopic (exact) mass is 230 g/mol.